The van der Waals surface area contributed by atoms with E-state index in [1.165, 1.54) is 18.3 Å². The summed E-state index contributed by atoms with van der Waals surface area (Å²) in [5.41, 5.74) is 1.78. The lowest BCUT2D eigenvalue weighted by Gasteiger charge is -2.18. The molecule has 0 saturated heterocycles. The maximum Gasteiger partial charge on any atom is 0.255 e. The summed E-state index contributed by atoms with van der Waals surface area (Å²) in [6.45, 7) is 5.17. The SMILES string of the molecule is CCN(CC)C(=O)c1cncc(Nc2cccc(F)c2)c1. The van der Waals surface area contributed by atoms with Gasteiger partial charge in [0, 0.05) is 25.0 Å². The summed E-state index contributed by atoms with van der Waals surface area (Å²) in [4.78, 5) is 18.1. The van der Waals surface area contributed by atoms with Crippen LogP contribution in [0.1, 0.15) is 24.2 Å². The molecule has 1 aromatic heterocycles. The Labute approximate surface area is 123 Å². The standard InChI is InChI=1S/C16H18FN3O/c1-3-20(4-2)16(21)12-8-15(11-18-10-12)19-14-7-5-6-13(17)9-14/h5-11,19H,3-4H2,1-2H3. The number of nitrogens with one attached hydrogen (secondary N) is 1. The normalized spacial score (nSPS) is 10.2. The molecule has 1 heterocycles. The highest BCUT2D eigenvalue weighted by Crippen LogP contribution is 2.18. The fourth-order valence-corrected chi connectivity index (χ4v) is 2.05. The number of carbonyl (C=O) groups is 1. The van der Waals surface area contributed by atoms with Gasteiger partial charge in [-0.05, 0) is 38.1 Å². The molecular formula is C16H18FN3O. The van der Waals surface area contributed by atoms with Crippen LogP contribution in [0.15, 0.2) is 42.7 Å². The Kier molecular flexibility index (Phi) is 4.87. The summed E-state index contributed by atoms with van der Waals surface area (Å²) in [5.74, 6) is -0.376. The van der Waals surface area contributed by atoms with E-state index in [0.717, 1.165) is 0 Å². The Morgan fingerprint density at radius 2 is 1.95 bits per heavy atom. The van der Waals surface area contributed by atoms with Gasteiger partial charge < -0.3 is 10.2 Å². The fraction of sp³-hybridized carbons (Fsp3) is 0.250. The quantitative estimate of drug-likeness (QED) is 0.916. The largest absolute Gasteiger partial charge is 0.354 e. The summed E-state index contributed by atoms with van der Waals surface area (Å²) in [5, 5.41) is 3.04. The van der Waals surface area contributed by atoms with Crippen LogP contribution >= 0.6 is 0 Å². The molecule has 0 aliphatic carbocycles. The minimum absolute atomic E-state index is 0.0598. The van der Waals surface area contributed by atoms with E-state index in [1.54, 1.807) is 29.3 Å². The smallest absolute Gasteiger partial charge is 0.255 e. The van der Waals surface area contributed by atoms with Gasteiger partial charge in [-0.2, -0.15) is 0 Å². The van der Waals surface area contributed by atoms with Crippen molar-refractivity contribution in [1.29, 1.82) is 0 Å². The van der Waals surface area contributed by atoms with Gasteiger partial charge in [-0.25, -0.2) is 4.39 Å². The maximum absolute atomic E-state index is 13.2. The topological polar surface area (TPSA) is 45.2 Å². The zero-order valence-corrected chi connectivity index (χ0v) is 12.1. The van der Waals surface area contributed by atoms with Crippen LogP contribution in [-0.4, -0.2) is 28.9 Å². The van der Waals surface area contributed by atoms with E-state index < -0.39 is 0 Å². The average Bonchev–Trinajstić information content (AvgIpc) is 2.48. The molecule has 0 spiro atoms. The van der Waals surface area contributed by atoms with Gasteiger partial charge in [0.1, 0.15) is 5.82 Å². The Bertz CT molecular complexity index is 626. The summed E-state index contributed by atoms with van der Waals surface area (Å²) in [6, 6.07) is 7.86. The lowest BCUT2D eigenvalue weighted by atomic mass is 10.2. The van der Waals surface area contributed by atoms with Gasteiger partial charge in [0.2, 0.25) is 0 Å². The number of amides is 1. The molecule has 110 valence electrons. The number of nitrogens with zero attached hydrogens (tertiary/aromatic N) is 2. The van der Waals surface area contributed by atoms with Gasteiger partial charge in [-0.1, -0.05) is 6.07 Å². The van der Waals surface area contributed by atoms with Gasteiger partial charge in [0.25, 0.3) is 5.91 Å². The van der Waals surface area contributed by atoms with Gasteiger partial charge >= 0.3 is 0 Å². The van der Waals surface area contributed by atoms with E-state index in [2.05, 4.69) is 10.3 Å². The summed E-state index contributed by atoms with van der Waals surface area (Å²) in [6.07, 6.45) is 3.14. The third kappa shape index (κ3) is 3.78. The van der Waals surface area contributed by atoms with E-state index in [4.69, 9.17) is 0 Å². The summed E-state index contributed by atoms with van der Waals surface area (Å²) >= 11 is 0. The Morgan fingerprint density at radius 1 is 1.19 bits per heavy atom. The number of hydrogen-bond donors (Lipinski definition) is 1. The van der Waals surface area contributed by atoms with Crippen molar-refractivity contribution in [3.8, 4) is 0 Å². The van der Waals surface area contributed by atoms with Crippen molar-refractivity contribution >= 4 is 17.3 Å². The Morgan fingerprint density at radius 3 is 2.62 bits per heavy atom. The number of benzene rings is 1. The van der Waals surface area contributed by atoms with Gasteiger partial charge in [0.15, 0.2) is 0 Å². The zero-order chi connectivity index (χ0) is 15.2. The number of pyridine rings is 1. The van der Waals surface area contributed by atoms with E-state index >= 15 is 0 Å². The monoisotopic (exact) mass is 287 g/mol. The van der Waals surface area contributed by atoms with Crippen LogP contribution in [-0.2, 0) is 0 Å². The molecule has 0 fully saturated rings. The van der Waals surface area contributed by atoms with Crippen LogP contribution in [0.4, 0.5) is 15.8 Å². The number of anilines is 2. The lowest BCUT2D eigenvalue weighted by Crippen LogP contribution is -2.30. The molecule has 1 aromatic carbocycles. The van der Waals surface area contributed by atoms with Crippen LogP contribution in [0.5, 0.6) is 0 Å². The number of rotatable bonds is 5. The highest BCUT2D eigenvalue weighted by Gasteiger charge is 2.13. The molecule has 0 radical (unpaired) electrons. The molecule has 0 saturated carbocycles. The third-order valence-corrected chi connectivity index (χ3v) is 3.15. The second-order valence-corrected chi connectivity index (χ2v) is 4.58. The second-order valence-electron chi connectivity index (χ2n) is 4.58. The number of hydrogen-bond acceptors (Lipinski definition) is 3. The van der Waals surface area contributed by atoms with E-state index in [0.29, 0.717) is 30.0 Å². The minimum Gasteiger partial charge on any atom is -0.354 e. The molecule has 2 rings (SSSR count). The fourth-order valence-electron chi connectivity index (χ4n) is 2.05. The van der Waals surface area contributed by atoms with Gasteiger partial charge in [0.05, 0.1) is 17.4 Å². The molecule has 0 bridgehead atoms. The van der Waals surface area contributed by atoms with Crippen molar-refractivity contribution in [1.82, 2.24) is 9.88 Å². The predicted molar refractivity (Wildman–Crippen MR) is 81.2 cm³/mol. The highest BCUT2D eigenvalue weighted by atomic mass is 19.1. The molecule has 4 nitrogen and oxygen atoms in total. The molecule has 0 atom stereocenters. The average molecular weight is 287 g/mol. The number of halogens is 1. The van der Waals surface area contributed by atoms with Crippen LogP contribution in [0.3, 0.4) is 0 Å². The molecule has 1 N–H and O–H groups in total. The number of carbonyl (C=O) groups excluding carboxylic acids is 1. The van der Waals surface area contributed by atoms with Crippen LogP contribution in [0.2, 0.25) is 0 Å². The Balaban J connectivity index is 2.20. The lowest BCUT2D eigenvalue weighted by molar-refractivity contribution is 0.0772. The van der Waals surface area contributed by atoms with Gasteiger partial charge in [-0.15, -0.1) is 0 Å². The first kappa shape index (κ1) is 15.0. The van der Waals surface area contributed by atoms with Crippen LogP contribution in [0, 0.1) is 5.82 Å². The van der Waals surface area contributed by atoms with Crippen molar-refractivity contribution in [3.05, 3.63) is 54.1 Å². The summed E-state index contributed by atoms with van der Waals surface area (Å²) < 4.78 is 13.2. The second kappa shape index (κ2) is 6.83. The number of aromatic nitrogens is 1. The van der Waals surface area contributed by atoms with Crippen LogP contribution in [0.25, 0.3) is 0 Å². The maximum atomic E-state index is 13.2. The zero-order valence-electron chi connectivity index (χ0n) is 12.1. The van der Waals surface area contributed by atoms with Crippen molar-refractivity contribution in [2.45, 2.75) is 13.8 Å². The van der Waals surface area contributed by atoms with Crippen molar-refractivity contribution < 1.29 is 9.18 Å². The molecular weight excluding hydrogens is 269 g/mol. The van der Waals surface area contributed by atoms with E-state index in [9.17, 15) is 9.18 Å². The van der Waals surface area contributed by atoms with E-state index in [-0.39, 0.29) is 11.7 Å². The highest BCUT2D eigenvalue weighted by molar-refractivity contribution is 5.94. The van der Waals surface area contributed by atoms with Crippen molar-refractivity contribution in [2.75, 3.05) is 18.4 Å². The molecule has 0 aliphatic rings. The van der Waals surface area contributed by atoms with Crippen molar-refractivity contribution in [3.63, 3.8) is 0 Å². The first-order chi connectivity index (χ1) is 10.1. The van der Waals surface area contributed by atoms with Gasteiger partial charge in [-0.3, -0.25) is 9.78 Å². The van der Waals surface area contributed by atoms with E-state index in [1.807, 2.05) is 13.8 Å². The van der Waals surface area contributed by atoms with Crippen LogP contribution < -0.4 is 5.32 Å². The molecule has 21 heavy (non-hydrogen) atoms. The minimum atomic E-state index is -0.316. The Hall–Kier alpha value is -2.43. The first-order valence-electron chi connectivity index (χ1n) is 6.91. The third-order valence-electron chi connectivity index (χ3n) is 3.15. The first-order valence-corrected chi connectivity index (χ1v) is 6.91. The summed E-state index contributed by atoms with van der Waals surface area (Å²) in [7, 11) is 0. The van der Waals surface area contributed by atoms with Crippen molar-refractivity contribution in [2.24, 2.45) is 0 Å². The molecule has 1 amide bonds. The molecule has 0 unspecified atom stereocenters. The molecule has 2 aromatic rings. The predicted octanol–water partition coefficient (Wildman–Crippen LogP) is 3.45. The molecule has 0 aliphatic heterocycles. The molecule has 5 heteroatoms.